The number of hydrogen-bond donors (Lipinski definition) is 1. The minimum atomic E-state index is -2.20. The van der Waals surface area contributed by atoms with Crippen molar-refractivity contribution < 1.29 is 29.0 Å². The van der Waals surface area contributed by atoms with Crippen LogP contribution < -0.4 is 0 Å². The van der Waals surface area contributed by atoms with E-state index in [1.165, 1.54) is 6.92 Å². The van der Waals surface area contributed by atoms with Crippen LogP contribution in [-0.2, 0) is 23.9 Å². The van der Waals surface area contributed by atoms with E-state index >= 15 is 0 Å². The Morgan fingerprint density at radius 1 is 0.944 bits per heavy atom. The lowest BCUT2D eigenvalue weighted by Gasteiger charge is -2.27. The maximum atomic E-state index is 11.4. The van der Waals surface area contributed by atoms with Crippen molar-refractivity contribution in [1.82, 2.24) is 0 Å². The smallest absolute Gasteiger partial charge is 0.390 e. The van der Waals surface area contributed by atoms with Gasteiger partial charge in [0.05, 0.1) is 0 Å². The van der Waals surface area contributed by atoms with E-state index in [0.29, 0.717) is 12.8 Å². The first-order valence-electron chi connectivity index (χ1n) is 6.08. The lowest BCUT2D eigenvalue weighted by molar-refractivity contribution is -0.237. The molecule has 0 rings (SSSR count). The second-order valence-corrected chi connectivity index (χ2v) is 3.86. The Labute approximate surface area is 106 Å². The summed E-state index contributed by atoms with van der Waals surface area (Å²) in [6.45, 7) is 5.00. The Morgan fingerprint density at radius 2 is 1.33 bits per heavy atom. The van der Waals surface area contributed by atoms with Crippen molar-refractivity contribution in [1.29, 1.82) is 0 Å². The highest BCUT2D eigenvalue weighted by molar-refractivity contribution is 5.83. The van der Waals surface area contributed by atoms with Gasteiger partial charge in [0.2, 0.25) is 0 Å². The van der Waals surface area contributed by atoms with Gasteiger partial charge in [-0.15, -0.1) is 0 Å². The Balaban J connectivity index is 4.87. The molecule has 0 aliphatic rings. The summed E-state index contributed by atoms with van der Waals surface area (Å²) in [7, 11) is 0. The summed E-state index contributed by atoms with van der Waals surface area (Å²) >= 11 is 0. The molecule has 0 radical (unpaired) electrons. The number of carbonyl (C=O) groups is 3. The first-order chi connectivity index (χ1) is 8.41. The van der Waals surface area contributed by atoms with Gasteiger partial charge in [-0.25, -0.2) is 4.79 Å². The maximum absolute atomic E-state index is 11.4. The van der Waals surface area contributed by atoms with Crippen LogP contribution in [0.25, 0.3) is 0 Å². The van der Waals surface area contributed by atoms with E-state index in [-0.39, 0.29) is 19.3 Å². The van der Waals surface area contributed by atoms with Gasteiger partial charge in [0, 0.05) is 19.3 Å². The molecule has 6 heteroatoms. The predicted octanol–water partition coefficient (Wildman–Crippen LogP) is 1.86. The molecule has 0 spiro atoms. The molecular formula is C12H20O6. The number of carboxylic acids is 1. The number of hydrogen-bond acceptors (Lipinski definition) is 5. The molecule has 0 saturated heterocycles. The van der Waals surface area contributed by atoms with E-state index in [0.717, 1.165) is 0 Å². The highest BCUT2D eigenvalue weighted by atomic mass is 16.7. The first-order valence-corrected chi connectivity index (χ1v) is 6.08. The second-order valence-electron chi connectivity index (χ2n) is 3.86. The molecule has 0 atom stereocenters. The highest BCUT2D eigenvalue weighted by Gasteiger charge is 2.45. The summed E-state index contributed by atoms with van der Waals surface area (Å²) < 4.78 is 9.65. The van der Waals surface area contributed by atoms with Crippen molar-refractivity contribution in [2.45, 2.75) is 58.7 Å². The van der Waals surface area contributed by atoms with Gasteiger partial charge < -0.3 is 14.6 Å². The summed E-state index contributed by atoms with van der Waals surface area (Å²) in [6, 6.07) is 0. The lowest BCUT2D eigenvalue weighted by Crippen LogP contribution is -2.47. The molecule has 0 fully saturated rings. The molecule has 0 amide bonds. The standard InChI is InChI=1S/C12H20O6/c1-4-7-9(13)17-12(6-3,11(15)16)18-10(14)8-5-2/h4-8H2,1-3H3,(H,15,16). The number of ether oxygens (including phenoxy) is 2. The summed E-state index contributed by atoms with van der Waals surface area (Å²) in [5.41, 5.74) is 0. The van der Waals surface area contributed by atoms with Gasteiger partial charge in [-0.05, 0) is 12.8 Å². The lowest BCUT2D eigenvalue weighted by atomic mass is 10.2. The maximum Gasteiger partial charge on any atom is 0.390 e. The minimum absolute atomic E-state index is 0.0837. The van der Waals surface area contributed by atoms with Crippen LogP contribution in [0.15, 0.2) is 0 Å². The minimum Gasteiger partial charge on any atom is -0.475 e. The third-order valence-electron chi connectivity index (χ3n) is 2.26. The topological polar surface area (TPSA) is 89.9 Å². The van der Waals surface area contributed by atoms with Crippen LogP contribution in [0.4, 0.5) is 0 Å². The van der Waals surface area contributed by atoms with Crippen LogP contribution in [0.3, 0.4) is 0 Å². The molecule has 0 saturated carbocycles. The fourth-order valence-corrected chi connectivity index (χ4v) is 1.28. The first kappa shape index (κ1) is 16.4. The normalized spacial score (nSPS) is 10.8. The van der Waals surface area contributed by atoms with E-state index in [1.807, 2.05) is 0 Å². The molecule has 18 heavy (non-hydrogen) atoms. The number of aliphatic carboxylic acids is 1. The van der Waals surface area contributed by atoms with Crippen molar-refractivity contribution >= 4 is 17.9 Å². The molecule has 0 aromatic carbocycles. The van der Waals surface area contributed by atoms with Crippen molar-refractivity contribution in [2.24, 2.45) is 0 Å². The molecule has 0 unspecified atom stereocenters. The van der Waals surface area contributed by atoms with Crippen LogP contribution in [0.1, 0.15) is 52.9 Å². The predicted molar refractivity (Wildman–Crippen MR) is 62.7 cm³/mol. The van der Waals surface area contributed by atoms with Crippen LogP contribution in [0.2, 0.25) is 0 Å². The molecular weight excluding hydrogens is 240 g/mol. The van der Waals surface area contributed by atoms with Crippen molar-refractivity contribution in [3.05, 3.63) is 0 Å². The molecule has 104 valence electrons. The highest BCUT2D eigenvalue weighted by Crippen LogP contribution is 2.21. The number of rotatable bonds is 8. The number of esters is 2. The average molecular weight is 260 g/mol. The fraction of sp³-hybridized carbons (Fsp3) is 0.750. The molecule has 0 aromatic heterocycles. The summed E-state index contributed by atoms with van der Waals surface area (Å²) in [5, 5.41) is 9.10. The molecule has 0 heterocycles. The summed E-state index contributed by atoms with van der Waals surface area (Å²) in [4.78, 5) is 33.9. The van der Waals surface area contributed by atoms with E-state index in [2.05, 4.69) is 0 Å². The quantitative estimate of drug-likeness (QED) is 0.529. The molecule has 0 aliphatic heterocycles. The third kappa shape index (κ3) is 4.73. The van der Waals surface area contributed by atoms with E-state index in [9.17, 15) is 14.4 Å². The van der Waals surface area contributed by atoms with Gasteiger partial charge in [0.1, 0.15) is 0 Å². The zero-order chi connectivity index (χ0) is 14.2. The van der Waals surface area contributed by atoms with Crippen LogP contribution in [0, 0.1) is 0 Å². The number of carbonyl (C=O) groups excluding carboxylic acids is 2. The van der Waals surface area contributed by atoms with Crippen molar-refractivity contribution in [2.75, 3.05) is 0 Å². The van der Waals surface area contributed by atoms with Crippen molar-refractivity contribution in [3.8, 4) is 0 Å². The monoisotopic (exact) mass is 260 g/mol. The van der Waals surface area contributed by atoms with Gasteiger partial charge in [-0.3, -0.25) is 9.59 Å². The van der Waals surface area contributed by atoms with E-state index in [4.69, 9.17) is 14.6 Å². The van der Waals surface area contributed by atoms with E-state index < -0.39 is 23.7 Å². The Bertz CT molecular complexity index is 290. The summed E-state index contributed by atoms with van der Waals surface area (Å²) in [5.74, 6) is -5.05. The van der Waals surface area contributed by atoms with Crippen LogP contribution in [0.5, 0.6) is 0 Å². The number of carboxylic acid groups (broad SMARTS) is 1. The largest absolute Gasteiger partial charge is 0.475 e. The molecule has 6 nitrogen and oxygen atoms in total. The van der Waals surface area contributed by atoms with Gasteiger partial charge in [-0.2, -0.15) is 0 Å². The van der Waals surface area contributed by atoms with Gasteiger partial charge >= 0.3 is 23.7 Å². The van der Waals surface area contributed by atoms with Crippen molar-refractivity contribution in [3.63, 3.8) is 0 Å². The molecule has 0 bridgehead atoms. The fourth-order valence-electron chi connectivity index (χ4n) is 1.28. The Kier molecular flexibility index (Phi) is 7.00. The SMILES string of the molecule is CCCC(=O)OC(CC)(OC(=O)CCC)C(=O)O. The van der Waals surface area contributed by atoms with Gasteiger partial charge in [0.15, 0.2) is 0 Å². The van der Waals surface area contributed by atoms with Gasteiger partial charge in [-0.1, -0.05) is 20.8 Å². The third-order valence-corrected chi connectivity index (χ3v) is 2.26. The molecule has 0 aliphatic carbocycles. The van der Waals surface area contributed by atoms with Gasteiger partial charge in [0.25, 0.3) is 0 Å². The van der Waals surface area contributed by atoms with Crippen LogP contribution >= 0.6 is 0 Å². The zero-order valence-corrected chi connectivity index (χ0v) is 11.0. The van der Waals surface area contributed by atoms with E-state index in [1.54, 1.807) is 13.8 Å². The second kappa shape index (κ2) is 7.68. The van der Waals surface area contributed by atoms with Crippen LogP contribution in [-0.4, -0.2) is 28.8 Å². The zero-order valence-electron chi connectivity index (χ0n) is 11.0. The average Bonchev–Trinajstić information content (AvgIpc) is 2.28. The Morgan fingerprint density at radius 3 is 1.56 bits per heavy atom. The summed E-state index contributed by atoms with van der Waals surface area (Å²) in [6.07, 6.45) is 1.09. The Hall–Kier alpha value is -1.59. The molecule has 1 N–H and O–H groups in total. The molecule has 0 aromatic rings.